The van der Waals surface area contributed by atoms with E-state index in [4.69, 9.17) is 4.52 Å². The molecule has 0 aromatic carbocycles. The fourth-order valence-corrected chi connectivity index (χ4v) is 3.25. The highest BCUT2D eigenvalue weighted by molar-refractivity contribution is 5.92. The van der Waals surface area contributed by atoms with Crippen molar-refractivity contribution in [2.45, 2.75) is 25.2 Å². The Hall–Kier alpha value is -3.16. The van der Waals surface area contributed by atoms with E-state index in [9.17, 15) is 4.79 Å². The van der Waals surface area contributed by atoms with Crippen LogP contribution in [0.25, 0.3) is 11.5 Å². The Bertz CT molecular complexity index is 898. The van der Waals surface area contributed by atoms with E-state index < -0.39 is 0 Å². The average molecular weight is 350 g/mol. The Morgan fingerprint density at radius 2 is 2.00 bits per heavy atom. The number of hydrogen-bond acceptors (Lipinski definition) is 7. The first-order valence-electron chi connectivity index (χ1n) is 8.46. The molecule has 0 spiro atoms. The van der Waals surface area contributed by atoms with Crippen LogP contribution in [0.1, 0.15) is 36.1 Å². The van der Waals surface area contributed by atoms with Crippen LogP contribution in [0.5, 0.6) is 0 Å². The van der Waals surface area contributed by atoms with Crippen LogP contribution in [0.4, 0.5) is 0 Å². The van der Waals surface area contributed by atoms with E-state index in [0.717, 1.165) is 18.4 Å². The van der Waals surface area contributed by atoms with Gasteiger partial charge in [0.15, 0.2) is 5.82 Å². The molecule has 8 nitrogen and oxygen atoms in total. The van der Waals surface area contributed by atoms with Crippen LogP contribution >= 0.6 is 0 Å². The van der Waals surface area contributed by atoms with Gasteiger partial charge in [-0.15, -0.1) is 0 Å². The Kier molecular flexibility index (Phi) is 4.16. The normalized spacial score (nSPS) is 20.1. The molecule has 0 bridgehead atoms. The zero-order valence-electron chi connectivity index (χ0n) is 14.4. The molecule has 0 N–H and O–H groups in total. The van der Waals surface area contributed by atoms with Crippen LogP contribution in [0.2, 0.25) is 0 Å². The van der Waals surface area contributed by atoms with E-state index in [1.807, 2.05) is 12.1 Å². The third kappa shape index (κ3) is 3.05. The number of rotatable bonds is 3. The molecule has 1 unspecified atom stereocenters. The maximum Gasteiger partial charge on any atom is 0.272 e. The predicted octanol–water partition coefficient (Wildman–Crippen LogP) is 2.12. The summed E-state index contributed by atoms with van der Waals surface area (Å²) in [4.78, 5) is 31.0. The smallest absolute Gasteiger partial charge is 0.272 e. The molecule has 3 aromatic rings. The summed E-state index contributed by atoms with van der Waals surface area (Å²) >= 11 is 0. The van der Waals surface area contributed by atoms with E-state index >= 15 is 0 Å². The molecule has 1 saturated heterocycles. The first kappa shape index (κ1) is 16.3. The lowest BCUT2D eigenvalue weighted by Crippen LogP contribution is -2.47. The standard InChI is InChI=1S/C18H18N6O2/c1-18(17-22-15(26-23-17)13-3-7-19-8-4-13)6-2-10-24(11-18)16(25)14-5-9-20-12-21-14/h3-5,7-9,12H,2,6,10-11H2,1H3. The zero-order valence-corrected chi connectivity index (χ0v) is 14.4. The molecule has 0 radical (unpaired) electrons. The molecule has 0 aliphatic carbocycles. The van der Waals surface area contributed by atoms with Crippen LogP contribution in [-0.2, 0) is 5.41 Å². The van der Waals surface area contributed by atoms with Gasteiger partial charge in [-0.05, 0) is 31.0 Å². The number of nitrogens with zero attached hydrogens (tertiary/aromatic N) is 6. The van der Waals surface area contributed by atoms with Crippen LogP contribution in [0, 0.1) is 0 Å². The van der Waals surface area contributed by atoms with Crippen molar-refractivity contribution in [2.75, 3.05) is 13.1 Å². The number of amides is 1. The van der Waals surface area contributed by atoms with E-state index in [1.165, 1.54) is 6.33 Å². The van der Waals surface area contributed by atoms with E-state index in [-0.39, 0.29) is 11.3 Å². The monoisotopic (exact) mass is 350 g/mol. The molecule has 8 heteroatoms. The maximum absolute atomic E-state index is 12.7. The van der Waals surface area contributed by atoms with Crippen molar-refractivity contribution >= 4 is 5.91 Å². The third-order valence-electron chi connectivity index (χ3n) is 4.68. The zero-order chi connectivity index (χ0) is 18.0. The Morgan fingerprint density at radius 3 is 2.77 bits per heavy atom. The molecule has 26 heavy (non-hydrogen) atoms. The van der Waals surface area contributed by atoms with E-state index in [0.29, 0.717) is 30.5 Å². The fourth-order valence-electron chi connectivity index (χ4n) is 3.25. The summed E-state index contributed by atoms with van der Waals surface area (Å²) in [7, 11) is 0. The van der Waals surface area contributed by atoms with Gasteiger partial charge in [0.25, 0.3) is 11.8 Å². The minimum atomic E-state index is -0.365. The summed E-state index contributed by atoms with van der Waals surface area (Å²) in [5.74, 6) is 0.976. The minimum Gasteiger partial charge on any atom is -0.336 e. The third-order valence-corrected chi connectivity index (χ3v) is 4.68. The number of aromatic nitrogens is 5. The molecule has 1 amide bonds. The van der Waals surface area contributed by atoms with Gasteiger partial charge in [0.05, 0.1) is 0 Å². The van der Waals surface area contributed by atoms with Gasteiger partial charge in [-0.2, -0.15) is 4.98 Å². The Balaban J connectivity index is 1.56. The van der Waals surface area contributed by atoms with Gasteiger partial charge >= 0.3 is 0 Å². The van der Waals surface area contributed by atoms with Gasteiger partial charge in [0, 0.05) is 42.7 Å². The molecule has 1 aliphatic rings. The lowest BCUT2D eigenvalue weighted by Gasteiger charge is -2.38. The molecule has 4 heterocycles. The second-order valence-corrected chi connectivity index (χ2v) is 6.64. The van der Waals surface area contributed by atoms with Crippen molar-refractivity contribution in [3.63, 3.8) is 0 Å². The van der Waals surface area contributed by atoms with Crippen molar-refractivity contribution in [3.8, 4) is 11.5 Å². The van der Waals surface area contributed by atoms with Crippen LogP contribution in [-0.4, -0.2) is 49.0 Å². The number of carbonyl (C=O) groups excluding carboxylic acids is 1. The summed E-state index contributed by atoms with van der Waals surface area (Å²) in [5.41, 5.74) is 0.859. The molecular formula is C18H18N6O2. The number of carbonyl (C=O) groups is 1. The number of pyridine rings is 1. The fraction of sp³-hybridized carbons (Fsp3) is 0.333. The lowest BCUT2D eigenvalue weighted by atomic mass is 9.81. The van der Waals surface area contributed by atoms with Crippen LogP contribution in [0.3, 0.4) is 0 Å². The largest absolute Gasteiger partial charge is 0.336 e. The molecule has 4 rings (SSSR count). The van der Waals surface area contributed by atoms with E-state index in [2.05, 4.69) is 32.0 Å². The Labute approximate surface area is 150 Å². The van der Waals surface area contributed by atoms with Crippen LogP contribution < -0.4 is 0 Å². The van der Waals surface area contributed by atoms with Gasteiger partial charge in [0.2, 0.25) is 0 Å². The van der Waals surface area contributed by atoms with Crippen molar-refractivity contribution < 1.29 is 9.32 Å². The van der Waals surface area contributed by atoms with Crippen molar-refractivity contribution in [3.05, 3.63) is 54.6 Å². The van der Waals surface area contributed by atoms with Crippen molar-refractivity contribution in [1.82, 2.24) is 30.0 Å². The number of likely N-dealkylation sites (tertiary alicyclic amines) is 1. The summed E-state index contributed by atoms with van der Waals surface area (Å²) in [6, 6.07) is 5.28. The maximum atomic E-state index is 12.7. The highest BCUT2D eigenvalue weighted by atomic mass is 16.5. The summed E-state index contributed by atoms with van der Waals surface area (Å²) < 4.78 is 5.44. The molecular weight excluding hydrogens is 332 g/mol. The van der Waals surface area contributed by atoms with Gasteiger partial charge in [-0.25, -0.2) is 9.97 Å². The molecule has 3 aromatic heterocycles. The highest BCUT2D eigenvalue weighted by Crippen LogP contribution is 2.33. The second-order valence-electron chi connectivity index (χ2n) is 6.64. The quantitative estimate of drug-likeness (QED) is 0.713. The number of hydrogen-bond donors (Lipinski definition) is 0. The van der Waals surface area contributed by atoms with Crippen molar-refractivity contribution in [2.24, 2.45) is 0 Å². The Morgan fingerprint density at radius 1 is 1.19 bits per heavy atom. The molecule has 0 saturated carbocycles. The highest BCUT2D eigenvalue weighted by Gasteiger charge is 2.39. The first-order chi connectivity index (χ1) is 12.7. The van der Waals surface area contributed by atoms with Gasteiger partial charge in [-0.1, -0.05) is 12.1 Å². The summed E-state index contributed by atoms with van der Waals surface area (Å²) in [5, 5.41) is 4.18. The molecule has 132 valence electrons. The van der Waals surface area contributed by atoms with Crippen LogP contribution in [0.15, 0.2) is 47.6 Å². The molecule has 1 aliphatic heterocycles. The topological polar surface area (TPSA) is 97.9 Å². The molecule has 1 atom stereocenters. The summed E-state index contributed by atoms with van der Waals surface area (Å²) in [6.45, 7) is 3.27. The first-order valence-corrected chi connectivity index (χ1v) is 8.46. The number of piperidine rings is 1. The van der Waals surface area contributed by atoms with Crippen molar-refractivity contribution in [1.29, 1.82) is 0 Å². The van der Waals surface area contributed by atoms with Gasteiger partial charge in [-0.3, -0.25) is 9.78 Å². The molecule has 1 fully saturated rings. The second kappa shape index (κ2) is 6.62. The SMILES string of the molecule is CC1(c2noc(-c3ccncc3)n2)CCCN(C(=O)c2ccncn2)C1. The lowest BCUT2D eigenvalue weighted by molar-refractivity contribution is 0.0636. The van der Waals surface area contributed by atoms with E-state index in [1.54, 1.807) is 29.6 Å². The minimum absolute atomic E-state index is 0.101. The summed E-state index contributed by atoms with van der Waals surface area (Å²) in [6.07, 6.45) is 8.08. The average Bonchev–Trinajstić information content (AvgIpc) is 3.20. The van der Waals surface area contributed by atoms with Gasteiger partial charge in [0.1, 0.15) is 12.0 Å². The predicted molar refractivity (Wildman–Crippen MR) is 92.1 cm³/mol. The van der Waals surface area contributed by atoms with Gasteiger partial charge < -0.3 is 9.42 Å².